The van der Waals surface area contributed by atoms with Gasteiger partial charge in [-0.3, -0.25) is 0 Å². The quantitative estimate of drug-likeness (QED) is 0.664. The van der Waals surface area contributed by atoms with E-state index in [1.807, 2.05) is 18.2 Å². The molecule has 0 N–H and O–H groups in total. The number of hydrogen-bond acceptors (Lipinski definition) is 3. The highest BCUT2D eigenvalue weighted by Gasteiger charge is 2.25. The van der Waals surface area contributed by atoms with Gasteiger partial charge in [0, 0.05) is 6.07 Å². The maximum atomic E-state index is 5.18. The van der Waals surface area contributed by atoms with E-state index in [4.69, 9.17) is 14.2 Å². The van der Waals surface area contributed by atoms with Gasteiger partial charge < -0.3 is 14.2 Å². The lowest BCUT2D eigenvalue weighted by Crippen LogP contribution is -1.90. The van der Waals surface area contributed by atoms with Crippen LogP contribution in [-0.4, -0.2) is 20.8 Å². The molecule has 1 heterocycles. The highest BCUT2D eigenvalue weighted by Crippen LogP contribution is 2.34. The molecule has 1 aliphatic heterocycles. The van der Waals surface area contributed by atoms with Crippen LogP contribution < -0.4 is 9.47 Å². The van der Waals surface area contributed by atoms with Crippen LogP contribution in [0.4, 0.5) is 0 Å². The standard InChI is InChI=1S/C10H12O3/c1-11-8-3-7(10-6-13-10)4-9(5-8)12-2/h3-5,10H,6H2,1-2H3. The normalized spacial score (nSPS) is 19.7. The smallest absolute Gasteiger partial charge is 0.122 e. The van der Waals surface area contributed by atoms with E-state index in [1.54, 1.807) is 14.2 Å². The Bertz CT molecular complexity index is 283. The molecule has 0 saturated carbocycles. The summed E-state index contributed by atoms with van der Waals surface area (Å²) < 4.78 is 15.5. The van der Waals surface area contributed by atoms with Gasteiger partial charge in [-0.25, -0.2) is 0 Å². The van der Waals surface area contributed by atoms with Crippen LogP contribution in [0.15, 0.2) is 18.2 Å². The predicted octanol–water partition coefficient (Wildman–Crippen LogP) is 1.78. The molecule has 1 aromatic carbocycles. The molecule has 3 nitrogen and oxygen atoms in total. The summed E-state index contributed by atoms with van der Waals surface area (Å²) in [5, 5.41) is 0. The average Bonchev–Trinajstić information content (AvgIpc) is 3.00. The Balaban J connectivity index is 2.33. The number of methoxy groups -OCH3 is 2. The molecule has 1 atom stereocenters. The maximum Gasteiger partial charge on any atom is 0.122 e. The molecule has 1 saturated heterocycles. The van der Waals surface area contributed by atoms with Crippen molar-refractivity contribution in [3.63, 3.8) is 0 Å². The summed E-state index contributed by atoms with van der Waals surface area (Å²) in [7, 11) is 3.29. The van der Waals surface area contributed by atoms with E-state index in [-0.39, 0.29) is 6.10 Å². The van der Waals surface area contributed by atoms with Crippen molar-refractivity contribution < 1.29 is 14.2 Å². The SMILES string of the molecule is COc1cc(OC)cc(C2CO2)c1. The lowest BCUT2D eigenvalue weighted by Gasteiger charge is -2.06. The average molecular weight is 180 g/mol. The van der Waals surface area contributed by atoms with Gasteiger partial charge in [0.1, 0.15) is 17.6 Å². The molecule has 1 unspecified atom stereocenters. The third-order valence-electron chi connectivity index (χ3n) is 2.08. The molecule has 0 amide bonds. The zero-order chi connectivity index (χ0) is 9.26. The topological polar surface area (TPSA) is 31.0 Å². The second-order valence-electron chi connectivity index (χ2n) is 2.97. The van der Waals surface area contributed by atoms with Gasteiger partial charge in [-0.2, -0.15) is 0 Å². The third kappa shape index (κ3) is 1.75. The summed E-state index contributed by atoms with van der Waals surface area (Å²) in [6.45, 7) is 0.802. The highest BCUT2D eigenvalue weighted by atomic mass is 16.6. The summed E-state index contributed by atoms with van der Waals surface area (Å²) in [5.41, 5.74) is 1.12. The second-order valence-corrected chi connectivity index (χ2v) is 2.97. The fourth-order valence-corrected chi connectivity index (χ4v) is 1.26. The van der Waals surface area contributed by atoms with Gasteiger partial charge in [-0.05, 0) is 17.7 Å². The molecule has 3 heteroatoms. The molecule has 1 aliphatic rings. The lowest BCUT2D eigenvalue weighted by atomic mass is 10.1. The summed E-state index contributed by atoms with van der Waals surface area (Å²) in [6, 6.07) is 5.80. The first-order chi connectivity index (χ1) is 6.33. The van der Waals surface area contributed by atoms with Gasteiger partial charge >= 0.3 is 0 Å². The van der Waals surface area contributed by atoms with Crippen molar-refractivity contribution in [1.29, 1.82) is 0 Å². The van der Waals surface area contributed by atoms with Crippen LogP contribution in [0.2, 0.25) is 0 Å². The van der Waals surface area contributed by atoms with Crippen molar-refractivity contribution in [2.24, 2.45) is 0 Å². The fraction of sp³-hybridized carbons (Fsp3) is 0.400. The summed E-state index contributed by atoms with van der Waals surface area (Å²) in [4.78, 5) is 0. The minimum absolute atomic E-state index is 0.240. The van der Waals surface area contributed by atoms with E-state index in [0.29, 0.717) is 0 Å². The Kier molecular flexibility index (Phi) is 2.10. The van der Waals surface area contributed by atoms with Crippen LogP contribution in [0.1, 0.15) is 11.7 Å². The first kappa shape index (κ1) is 8.38. The number of benzene rings is 1. The maximum absolute atomic E-state index is 5.18. The van der Waals surface area contributed by atoms with Crippen molar-refractivity contribution in [2.45, 2.75) is 6.10 Å². The van der Waals surface area contributed by atoms with Gasteiger partial charge in [-0.15, -0.1) is 0 Å². The molecule has 2 rings (SSSR count). The number of epoxide rings is 1. The number of ether oxygens (including phenoxy) is 3. The first-order valence-corrected chi connectivity index (χ1v) is 4.18. The zero-order valence-electron chi connectivity index (χ0n) is 7.74. The minimum Gasteiger partial charge on any atom is -0.497 e. The van der Waals surface area contributed by atoms with Crippen molar-refractivity contribution in [2.75, 3.05) is 20.8 Å². The Hall–Kier alpha value is -1.22. The van der Waals surface area contributed by atoms with E-state index in [0.717, 1.165) is 23.7 Å². The van der Waals surface area contributed by atoms with Crippen LogP contribution in [0.3, 0.4) is 0 Å². The number of hydrogen-bond donors (Lipinski definition) is 0. The van der Waals surface area contributed by atoms with E-state index in [9.17, 15) is 0 Å². The Morgan fingerprint density at radius 2 is 1.69 bits per heavy atom. The van der Waals surface area contributed by atoms with E-state index in [1.165, 1.54) is 0 Å². The Labute approximate surface area is 77.2 Å². The predicted molar refractivity (Wildman–Crippen MR) is 48.2 cm³/mol. The molecule has 70 valence electrons. The van der Waals surface area contributed by atoms with Crippen molar-refractivity contribution in [3.05, 3.63) is 23.8 Å². The summed E-state index contributed by atoms with van der Waals surface area (Å²) in [5.74, 6) is 1.62. The molecule has 1 fully saturated rings. The molecule has 0 aliphatic carbocycles. The van der Waals surface area contributed by atoms with E-state index in [2.05, 4.69) is 0 Å². The van der Waals surface area contributed by atoms with Crippen LogP contribution in [0.5, 0.6) is 11.5 Å². The van der Waals surface area contributed by atoms with Crippen molar-refractivity contribution in [3.8, 4) is 11.5 Å². The Morgan fingerprint density at radius 3 is 2.08 bits per heavy atom. The van der Waals surface area contributed by atoms with Crippen molar-refractivity contribution >= 4 is 0 Å². The van der Waals surface area contributed by atoms with E-state index < -0.39 is 0 Å². The molecular formula is C10H12O3. The van der Waals surface area contributed by atoms with E-state index >= 15 is 0 Å². The number of rotatable bonds is 3. The van der Waals surface area contributed by atoms with Crippen LogP contribution in [-0.2, 0) is 4.74 Å². The Morgan fingerprint density at radius 1 is 1.15 bits per heavy atom. The van der Waals surface area contributed by atoms with Gasteiger partial charge in [0.15, 0.2) is 0 Å². The summed E-state index contributed by atoms with van der Waals surface area (Å²) in [6.07, 6.45) is 0.240. The minimum atomic E-state index is 0.240. The fourth-order valence-electron chi connectivity index (χ4n) is 1.26. The monoisotopic (exact) mass is 180 g/mol. The van der Waals surface area contributed by atoms with Gasteiger partial charge in [0.05, 0.1) is 20.8 Å². The van der Waals surface area contributed by atoms with Crippen LogP contribution in [0, 0.1) is 0 Å². The van der Waals surface area contributed by atoms with Gasteiger partial charge in [-0.1, -0.05) is 0 Å². The van der Waals surface area contributed by atoms with Gasteiger partial charge in [0.2, 0.25) is 0 Å². The zero-order valence-corrected chi connectivity index (χ0v) is 7.74. The molecule has 0 radical (unpaired) electrons. The van der Waals surface area contributed by atoms with Crippen LogP contribution >= 0.6 is 0 Å². The van der Waals surface area contributed by atoms with Crippen molar-refractivity contribution in [1.82, 2.24) is 0 Å². The molecule has 1 aromatic rings. The summed E-state index contributed by atoms with van der Waals surface area (Å²) >= 11 is 0. The molecule has 0 aromatic heterocycles. The highest BCUT2D eigenvalue weighted by molar-refractivity contribution is 5.40. The third-order valence-corrected chi connectivity index (χ3v) is 2.08. The van der Waals surface area contributed by atoms with Crippen LogP contribution in [0.25, 0.3) is 0 Å². The lowest BCUT2D eigenvalue weighted by molar-refractivity contribution is 0.387. The molecule has 13 heavy (non-hydrogen) atoms. The largest absolute Gasteiger partial charge is 0.497 e. The first-order valence-electron chi connectivity index (χ1n) is 4.18. The molecule has 0 bridgehead atoms. The second kappa shape index (κ2) is 3.26. The molecular weight excluding hydrogens is 168 g/mol. The van der Waals surface area contributed by atoms with Gasteiger partial charge in [0.25, 0.3) is 0 Å². The molecule has 0 spiro atoms.